The Hall–Kier alpha value is -3.76. The van der Waals surface area contributed by atoms with Crippen LogP contribution in [0.3, 0.4) is 0 Å². The molecule has 216 valence electrons. The molecule has 2 aromatic carbocycles. The lowest BCUT2D eigenvalue weighted by molar-refractivity contribution is -0.116. The zero-order valence-electron chi connectivity index (χ0n) is 22.4. The predicted molar refractivity (Wildman–Crippen MR) is 163 cm³/mol. The van der Waals surface area contributed by atoms with Crippen LogP contribution in [-0.2, 0) is 9.59 Å². The van der Waals surface area contributed by atoms with E-state index in [-0.39, 0.29) is 28.8 Å². The molecule has 1 aromatic heterocycles. The van der Waals surface area contributed by atoms with Crippen LogP contribution in [-0.4, -0.2) is 41.9 Å². The summed E-state index contributed by atoms with van der Waals surface area (Å²) in [7, 11) is 3.06. The van der Waals surface area contributed by atoms with Crippen LogP contribution < -0.4 is 25.4 Å². The molecule has 0 fully saturated rings. The molecule has 1 unspecified atom stereocenters. The van der Waals surface area contributed by atoms with Gasteiger partial charge in [0.05, 0.1) is 47.6 Å². The van der Waals surface area contributed by atoms with Crippen LogP contribution in [0.4, 0.5) is 10.8 Å². The van der Waals surface area contributed by atoms with Gasteiger partial charge in [-0.1, -0.05) is 52.4 Å². The average Bonchev–Trinajstić information content (AvgIpc) is 3.45. The number of thioether (sulfide) groups is 1. The van der Waals surface area contributed by atoms with E-state index < -0.39 is 5.92 Å². The highest BCUT2D eigenvalue weighted by atomic mass is 35.5. The van der Waals surface area contributed by atoms with Crippen LogP contribution in [0.25, 0.3) is 0 Å². The van der Waals surface area contributed by atoms with Crippen molar-refractivity contribution in [1.29, 1.82) is 5.26 Å². The summed E-state index contributed by atoms with van der Waals surface area (Å²) in [6, 6.07) is 12.3. The Labute approximate surface area is 260 Å². The molecule has 0 radical (unpaired) electrons. The highest BCUT2D eigenvalue weighted by Crippen LogP contribution is 2.47. The van der Waals surface area contributed by atoms with Gasteiger partial charge in [0.15, 0.2) is 10.1 Å². The molecular weight excluding hydrogens is 619 g/mol. The van der Waals surface area contributed by atoms with E-state index in [2.05, 4.69) is 21.6 Å². The number of carbonyl (C=O) groups is 2. The van der Waals surface area contributed by atoms with Crippen LogP contribution in [0.2, 0.25) is 10.0 Å². The molecule has 0 spiro atoms. The number of ether oxygens (including phenoxy) is 2. The number of hydrogen-bond donors (Lipinski definition) is 2. The minimum Gasteiger partial charge on any atom is -0.497 e. The largest absolute Gasteiger partial charge is 0.497 e. The topological polar surface area (TPSA) is 143 Å². The molecule has 10 nitrogen and oxygen atoms in total. The molecule has 5 rings (SSSR count). The lowest BCUT2D eigenvalue weighted by Gasteiger charge is -2.38. The van der Waals surface area contributed by atoms with Gasteiger partial charge in [-0.05, 0) is 30.5 Å². The van der Waals surface area contributed by atoms with Crippen molar-refractivity contribution >= 4 is 68.8 Å². The van der Waals surface area contributed by atoms with Gasteiger partial charge < -0.3 is 20.5 Å². The Kier molecular flexibility index (Phi) is 8.93. The number of nitrogens with two attached hydrogens (primary N) is 1. The monoisotopic (exact) mass is 642 g/mol. The summed E-state index contributed by atoms with van der Waals surface area (Å²) in [6.07, 6.45) is 1.55. The summed E-state index contributed by atoms with van der Waals surface area (Å²) < 4.78 is 11.0. The number of nitriles is 1. The molecule has 0 bridgehead atoms. The number of benzene rings is 2. The number of Topliss-reactive ketones (excluding diaryl/α,β-unsaturated/α-hetero) is 1. The van der Waals surface area contributed by atoms with Gasteiger partial charge in [0, 0.05) is 41.6 Å². The maximum Gasteiger partial charge on any atom is 0.234 e. The summed E-state index contributed by atoms with van der Waals surface area (Å²) >= 11 is 14.8. The third-order valence-corrected chi connectivity index (χ3v) is 9.52. The Bertz CT molecular complexity index is 1660. The van der Waals surface area contributed by atoms with Crippen LogP contribution in [0, 0.1) is 11.3 Å². The minimum absolute atomic E-state index is 0.0642. The number of aromatic nitrogens is 2. The summed E-state index contributed by atoms with van der Waals surface area (Å²) in [5.41, 5.74) is 9.16. The average molecular weight is 644 g/mol. The normalized spacial score (nSPS) is 16.7. The first-order valence-electron chi connectivity index (χ1n) is 12.6. The van der Waals surface area contributed by atoms with E-state index in [4.69, 9.17) is 38.4 Å². The fourth-order valence-electron chi connectivity index (χ4n) is 4.89. The zero-order chi connectivity index (χ0) is 30.0. The molecule has 1 aliphatic carbocycles. The second-order valence-corrected chi connectivity index (χ2v) is 12.3. The standard InChI is InChI=1S/C28H24Cl2N6O4S2/c1-39-16-9-15(10-17(11-16)40-2)33-23(38)13-41-28-35-34-27(42-28)36-21-4-3-5-22(37)25(21)24(18(12-31)26(36)32)14-6-7-19(29)20(30)8-14/h6-11,24H,3-5,13,32H2,1-2H3,(H,33,38). The molecule has 3 N–H and O–H groups in total. The minimum atomic E-state index is -0.676. The molecule has 14 heteroatoms. The van der Waals surface area contributed by atoms with Crippen LogP contribution in [0.15, 0.2) is 63.4 Å². The van der Waals surface area contributed by atoms with Gasteiger partial charge in [-0.2, -0.15) is 5.26 Å². The second-order valence-electron chi connectivity index (χ2n) is 9.28. The van der Waals surface area contributed by atoms with E-state index in [1.807, 2.05) is 0 Å². The molecule has 1 aliphatic heterocycles. The molecule has 3 aromatic rings. The Morgan fingerprint density at radius 2 is 1.90 bits per heavy atom. The Morgan fingerprint density at radius 1 is 1.17 bits per heavy atom. The molecule has 2 aliphatic rings. The first-order valence-corrected chi connectivity index (χ1v) is 15.2. The van der Waals surface area contributed by atoms with E-state index in [1.54, 1.807) is 41.3 Å². The van der Waals surface area contributed by atoms with Gasteiger partial charge in [0.25, 0.3) is 0 Å². The fraction of sp³-hybridized carbons (Fsp3) is 0.250. The predicted octanol–water partition coefficient (Wildman–Crippen LogP) is 5.90. The summed E-state index contributed by atoms with van der Waals surface area (Å²) in [4.78, 5) is 27.6. The van der Waals surface area contributed by atoms with Gasteiger partial charge in [-0.25, -0.2) is 0 Å². The van der Waals surface area contributed by atoms with Crippen molar-refractivity contribution < 1.29 is 19.1 Å². The van der Waals surface area contributed by atoms with Gasteiger partial charge in [0.1, 0.15) is 17.3 Å². The van der Waals surface area contributed by atoms with Crippen LogP contribution in [0.5, 0.6) is 11.5 Å². The Morgan fingerprint density at radius 3 is 2.57 bits per heavy atom. The first kappa shape index (κ1) is 29.7. The molecule has 0 saturated carbocycles. The summed E-state index contributed by atoms with van der Waals surface area (Å²) in [6.45, 7) is 0. The fourth-order valence-corrected chi connectivity index (χ4v) is 6.87. The molecule has 2 heterocycles. The Balaban J connectivity index is 1.40. The van der Waals surface area contributed by atoms with Crippen molar-refractivity contribution in [2.75, 3.05) is 30.2 Å². The number of halogens is 2. The molecule has 1 amide bonds. The van der Waals surface area contributed by atoms with E-state index in [1.165, 1.54) is 37.3 Å². The number of ketones is 1. The van der Waals surface area contributed by atoms with Gasteiger partial charge in [0.2, 0.25) is 11.0 Å². The van der Waals surface area contributed by atoms with Crippen LogP contribution >= 0.6 is 46.3 Å². The number of methoxy groups -OCH3 is 2. The van der Waals surface area contributed by atoms with Crippen molar-refractivity contribution in [3.63, 3.8) is 0 Å². The van der Waals surface area contributed by atoms with E-state index in [0.29, 0.717) is 72.8 Å². The van der Waals surface area contributed by atoms with Crippen molar-refractivity contribution in [2.45, 2.75) is 29.5 Å². The summed E-state index contributed by atoms with van der Waals surface area (Å²) in [5, 5.41) is 22.6. The molecular formula is C28H24Cl2N6O4S2. The number of anilines is 2. The van der Waals surface area contributed by atoms with Crippen molar-refractivity contribution in [2.24, 2.45) is 5.73 Å². The van der Waals surface area contributed by atoms with Crippen molar-refractivity contribution in [3.05, 3.63) is 74.7 Å². The lowest BCUT2D eigenvalue weighted by Crippen LogP contribution is -2.38. The number of rotatable bonds is 8. The maximum absolute atomic E-state index is 13.3. The molecule has 1 atom stereocenters. The third-order valence-electron chi connectivity index (χ3n) is 6.74. The van der Waals surface area contributed by atoms with Crippen molar-refractivity contribution in [1.82, 2.24) is 10.2 Å². The van der Waals surface area contributed by atoms with E-state index in [9.17, 15) is 14.9 Å². The van der Waals surface area contributed by atoms with Gasteiger partial charge >= 0.3 is 0 Å². The maximum atomic E-state index is 13.3. The van der Waals surface area contributed by atoms with Crippen molar-refractivity contribution in [3.8, 4) is 17.6 Å². The number of nitrogens with zero attached hydrogens (tertiary/aromatic N) is 4. The second kappa shape index (κ2) is 12.6. The SMILES string of the molecule is COc1cc(NC(=O)CSc2nnc(N3C(N)=C(C#N)C(c4ccc(Cl)c(Cl)c4)C4=C3CCCC4=O)s2)cc(OC)c1. The molecule has 0 saturated heterocycles. The van der Waals surface area contributed by atoms with E-state index >= 15 is 0 Å². The third kappa shape index (κ3) is 5.91. The lowest BCUT2D eigenvalue weighted by atomic mass is 9.76. The zero-order valence-corrected chi connectivity index (χ0v) is 25.6. The quantitative estimate of drug-likeness (QED) is 0.285. The van der Waals surface area contributed by atoms with Gasteiger partial charge in [-0.15, -0.1) is 10.2 Å². The number of hydrogen-bond acceptors (Lipinski definition) is 11. The van der Waals surface area contributed by atoms with Gasteiger partial charge in [-0.3, -0.25) is 14.5 Å². The number of amides is 1. The highest BCUT2D eigenvalue weighted by molar-refractivity contribution is 8.01. The molecule has 42 heavy (non-hydrogen) atoms. The highest BCUT2D eigenvalue weighted by Gasteiger charge is 2.41. The number of nitrogens with one attached hydrogen (secondary N) is 1. The number of allylic oxidation sites excluding steroid dienone is 3. The van der Waals surface area contributed by atoms with Crippen LogP contribution in [0.1, 0.15) is 30.7 Å². The van der Waals surface area contributed by atoms with E-state index in [0.717, 1.165) is 0 Å². The smallest absolute Gasteiger partial charge is 0.234 e. The number of carbonyl (C=O) groups excluding carboxylic acids is 2. The summed E-state index contributed by atoms with van der Waals surface area (Å²) in [5.74, 6) is 0.321. The first-order chi connectivity index (χ1) is 20.2.